The fraction of sp³-hybridized carbons (Fsp3) is 0.397. The number of hydrogen-bond acceptors (Lipinski definition) is 23. The number of Topliss-reactive ketones (excluding diaryl/α,β-unsaturated/α-hetero) is 1. The Morgan fingerprint density at radius 3 is 1.29 bits per heavy atom. The number of anilines is 2. The predicted molar refractivity (Wildman–Crippen MR) is 391 cm³/mol. The maximum Gasteiger partial charge on any atom is 0.295 e. The van der Waals surface area contributed by atoms with Gasteiger partial charge in [-0.25, -0.2) is 20.9 Å². The summed E-state index contributed by atoms with van der Waals surface area (Å²) in [7, 11) is -8.75. The van der Waals surface area contributed by atoms with Crippen LogP contribution in [0.15, 0.2) is 154 Å². The highest BCUT2D eigenvalue weighted by atomic mass is 32.2. The molecule has 4 saturated heterocycles. The molecule has 34 heteroatoms. The van der Waals surface area contributed by atoms with Crippen molar-refractivity contribution in [3.8, 4) is 0 Å². The number of nitrogens with zero attached hydrogens (tertiary/aromatic N) is 8. The molecule has 6 heterocycles. The molecule has 0 saturated carbocycles. The van der Waals surface area contributed by atoms with Gasteiger partial charge in [0.15, 0.2) is 5.78 Å². The smallest absolute Gasteiger partial charge is 0.295 e. The van der Waals surface area contributed by atoms with Crippen LogP contribution in [0.4, 0.5) is 11.6 Å². The van der Waals surface area contributed by atoms with E-state index in [0.29, 0.717) is 76.6 Å². The van der Waals surface area contributed by atoms with Gasteiger partial charge in [0.05, 0.1) is 67.1 Å². The monoisotopic (exact) mass is 1510 g/mol. The number of aryl methyl sites for hydroxylation is 2. The third-order valence-electron chi connectivity index (χ3n) is 18.5. The van der Waals surface area contributed by atoms with Crippen LogP contribution in [0.1, 0.15) is 112 Å². The van der Waals surface area contributed by atoms with Crippen LogP contribution in [0.5, 0.6) is 0 Å². The van der Waals surface area contributed by atoms with Gasteiger partial charge in [-0.2, -0.15) is 27.0 Å². The van der Waals surface area contributed by atoms with Gasteiger partial charge in [0.2, 0.25) is 35.4 Å². The number of amides is 7. The molecule has 11 N–H and O–H groups in total. The maximum atomic E-state index is 13.6. The summed E-state index contributed by atoms with van der Waals surface area (Å²) in [6, 6.07) is 34.2. The number of carbonyl (C=O) groups excluding carboxylic acids is 8. The molecule has 6 aromatic rings. The van der Waals surface area contributed by atoms with E-state index in [1.54, 1.807) is 49.9 Å². The molecule has 32 nitrogen and oxygen atoms in total. The number of hydrogen-bond donors (Lipinski definition) is 10. The summed E-state index contributed by atoms with van der Waals surface area (Å²) in [5.41, 5.74) is 19.7. The Balaban J connectivity index is 0.000000225. The van der Waals surface area contributed by atoms with E-state index in [0.717, 1.165) is 24.0 Å². The number of carbonyl (C=O) groups is 8. The van der Waals surface area contributed by atoms with Crippen LogP contribution in [-0.4, -0.2) is 203 Å². The zero-order valence-electron chi connectivity index (χ0n) is 59.4. The number of ether oxygens (including phenoxy) is 2. The lowest BCUT2D eigenvalue weighted by Gasteiger charge is -2.40. The van der Waals surface area contributed by atoms with Gasteiger partial charge in [0.1, 0.15) is 21.4 Å². The average Bonchev–Trinajstić information content (AvgIpc) is 0.806. The molecular formula is C73H90N14O18S2. The van der Waals surface area contributed by atoms with Gasteiger partial charge < -0.3 is 40.1 Å². The van der Waals surface area contributed by atoms with Crippen molar-refractivity contribution < 1.29 is 84.2 Å². The first-order valence-electron chi connectivity index (χ1n) is 34.7. The van der Waals surface area contributed by atoms with Crippen LogP contribution < -0.4 is 32.9 Å². The van der Waals surface area contributed by atoms with Crippen molar-refractivity contribution in [3.05, 3.63) is 178 Å². The Hall–Kier alpha value is -10.3. The SMILES string of the molecule is CC(=O)c1ccc(N/N=C/c2ccccc2S(=O)(=O)O)nc1.Cc1ccc(COC2CCN(C(=O)[C@H]3CCN(C(=O)CCN)CC3C(=O)NO)CC2)cc1.Cc1ccc(COC2CCN(C(=O)[C@H]3CCN(C(=O)CCNC(=O)c4ccc(N/N=C/c5ccccc5S(=O)(=O)O)nc4)CC3C(=O)NO)CC2)cc1. The zero-order valence-corrected chi connectivity index (χ0v) is 61.1. The lowest BCUT2D eigenvalue weighted by atomic mass is 9.83. The molecule has 4 atom stereocenters. The molecule has 0 bridgehead atoms. The van der Waals surface area contributed by atoms with Crippen LogP contribution in [0.25, 0.3) is 0 Å². The molecule has 107 heavy (non-hydrogen) atoms. The topological polar surface area (TPSA) is 454 Å². The number of aromatic nitrogens is 2. The number of nitrogens with two attached hydrogens (primary N) is 1. The molecule has 10 rings (SSSR count). The molecule has 0 radical (unpaired) electrons. The molecule has 4 fully saturated rings. The molecule has 2 aromatic heterocycles. The summed E-state index contributed by atoms with van der Waals surface area (Å²) >= 11 is 0. The Bertz CT molecular complexity index is 4330. The van der Waals surface area contributed by atoms with Crippen molar-refractivity contribution in [1.82, 2.24) is 45.8 Å². The summed E-state index contributed by atoms with van der Waals surface area (Å²) in [5.74, 6) is -4.99. The van der Waals surface area contributed by atoms with E-state index >= 15 is 0 Å². The maximum absolute atomic E-state index is 13.6. The number of pyridine rings is 2. The number of hydroxylamine groups is 2. The highest BCUT2D eigenvalue weighted by Gasteiger charge is 2.44. The lowest BCUT2D eigenvalue weighted by Crippen LogP contribution is -2.54. The van der Waals surface area contributed by atoms with Gasteiger partial charge in [-0.15, -0.1) is 0 Å². The van der Waals surface area contributed by atoms with E-state index in [1.807, 2.05) is 38.1 Å². The Morgan fingerprint density at radius 1 is 0.523 bits per heavy atom. The van der Waals surface area contributed by atoms with Gasteiger partial charge >= 0.3 is 0 Å². The number of likely N-dealkylation sites (tertiary alicyclic amines) is 4. The second-order valence-electron chi connectivity index (χ2n) is 26.0. The van der Waals surface area contributed by atoms with E-state index in [2.05, 4.69) is 60.6 Å². The van der Waals surface area contributed by atoms with Crippen molar-refractivity contribution in [1.29, 1.82) is 0 Å². The van der Waals surface area contributed by atoms with Crippen LogP contribution in [0, 0.1) is 37.5 Å². The zero-order chi connectivity index (χ0) is 77.2. The van der Waals surface area contributed by atoms with Crippen molar-refractivity contribution in [2.45, 2.75) is 107 Å². The first kappa shape index (κ1) is 82.4. The molecule has 7 amide bonds. The van der Waals surface area contributed by atoms with Crippen LogP contribution in [-0.2, 0) is 71.7 Å². The molecule has 0 spiro atoms. The number of hydrazone groups is 2. The van der Waals surface area contributed by atoms with Gasteiger partial charge in [0.25, 0.3) is 26.1 Å². The number of ketones is 1. The molecule has 2 unspecified atom stereocenters. The van der Waals surface area contributed by atoms with E-state index < -0.39 is 61.6 Å². The van der Waals surface area contributed by atoms with Crippen molar-refractivity contribution >= 4 is 91.4 Å². The molecule has 4 aliphatic rings. The molecule has 4 aromatic carbocycles. The van der Waals surface area contributed by atoms with Gasteiger partial charge in [-0.05, 0) is 107 Å². The van der Waals surface area contributed by atoms with E-state index in [4.69, 9.17) is 25.0 Å². The molecular weight excluding hydrogens is 1430 g/mol. The Kier molecular flexibility index (Phi) is 30.7. The first-order valence-corrected chi connectivity index (χ1v) is 37.6. The van der Waals surface area contributed by atoms with E-state index in [9.17, 15) is 65.0 Å². The van der Waals surface area contributed by atoms with Crippen molar-refractivity contribution in [3.63, 3.8) is 0 Å². The van der Waals surface area contributed by atoms with Gasteiger partial charge in [0, 0.05) is 107 Å². The van der Waals surface area contributed by atoms with E-state index in [-0.39, 0.29) is 126 Å². The predicted octanol–water partition coefficient (Wildman–Crippen LogP) is 5.18. The van der Waals surface area contributed by atoms with Crippen LogP contribution in [0.2, 0.25) is 0 Å². The third-order valence-corrected chi connectivity index (χ3v) is 20.4. The number of benzene rings is 4. The third kappa shape index (κ3) is 24.6. The summed E-state index contributed by atoms with van der Waals surface area (Å²) in [5, 5.41) is 29.1. The fourth-order valence-electron chi connectivity index (χ4n) is 12.5. The number of nitrogens with one attached hydrogen (secondary N) is 5. The van der Waals surface area contributed by atoms with Crippen LogP contribution in [0.3, 0.4) is 0 Å². The second kappa shape index (κ2) is 39.9. The number of piperidine rings is 4. The summed E-state index contributed by atoms with van der Waals surface area (Å²) in [4.78, 5) is 115. The quantitative estimate of drug-likeness (QED) is 0.0116. The fourth-order valence-corrected chi connectivity index (χ4v) is 13.8. The Labute approximate surface area is 620 Å². The molecule has 4 aliphatic heterocycles. The van der Waals surface area contributed by atoms with E-state index in [1.165, 1.54) is 96.3 Å². The Morgan fingerprint density at radius 2 is 0.916 bits per heavy atom. The summed E-state index contributed by atoms with van der Waals surface area (Å²) in [6.45, 7) is 9.62. The summed E-state index contributed by atoms with van der Waals surface area (Å²) < 4.78 is 76.1. The summed E-state index contributed by atoms with van der Waals surface area (Å²) in [6.07, 6.45) is 8.86. The molecule has 572 valence electrons. The second-order valence-corrected chi connectivity index (χ2v) is 28.8. The minimum Gasteiger partial charge on any atom is -0.373 e. The number of rotatable bonds is 25. The van der Waals surface area contributed by atoms with Gasteiger partial charge in [-0.3, -0.25) is 68.7 Å². The minimum absolute atomic E-state index is 0.00574. The molecule has 0 aliphatic carbocycles. The van der Waals surface area contributed by atoms with Crippen LogP contribution >= 0.6 is 0 Å². The first-order chi connectivity index (χ1) is 51.2. The standard InChI is InChI=1S/C36H43N7O9S.C23H34N4O5.C14H13N3O4S/c1-24-6-8-25(9-7-24)23-52-28-13-17-42(18-14-28)36(47)29-15-19-43(22-30(29)35(46)41-48)33(44)12-16-37-34(45)27-10-11-32(38-20-27)40-39-21-26-4-2-3-5-31(26)53(49,50)51;1-16-2-4-17(5-3-16)15-32-18-7-11-26(12-8-18)23(30)19-9-13-27(21(28)6-10-24)14-20(19)22(29)25-31;1-10(18)11-6-7-14(15-8-11)17-16-9-12-4-2-3-5-13(12)22(19,20)21/h2-11,20-21,28-30,48H,12-19,22-23H2,1H3,(H,37,45)(H,38,40)(H,41,46)(H,49,50,51);2-5,18-20,31H,6-15,24H2,1H3,(H,25,29);2-9H,1H3,(H,15,17)(H,19,20,21)/b39-21+;;16-9+/t29-,30?;19-,20?;/m00./s1. The normalized spacial score (nSPS) is 17.9. The lowest BCUT2D eigenvalue weighted by molar-refractivity contribution is -0.153. The highest BCUT2D eigenvalue weighted by Crippen LogP contribution is 2.31. The minimum atomic E-state index is -4.43. The highest BCUT2D eigenvalue weighted by molar-refractivity contribution is 7.86. The van der Waals surface area contributed by atoms with Crippen molar-refractivity contribution in [2.24, 2.45) is 39.6 Å². The average molecular weight is 1520 g/mol. The van der Waals surface area contributed by atoms with Crippen molar-refractivity contribution in [2.75, 3.05) is 76.3 Å². The van der Waals surface area contributed by atoms with Gasteiger partial charge in [-0.1, -0.05) is 96.1 Å². The largest absolute Gasteiger partial charge is 0.373 e.